The summed E-state index contributed by atoms with van der Waals surface area (Å²) in [5.74, 6) is 0.868. The summed E-state index contributed by atoms with van der Waals surface area (Å²) in [4.78, 5) is 12.8. The second-order valence-electron chi connectivity index (χ2n) is 4.85. The monoisotopic (exact) mass is 286 g/mol. The molecule has 20 heavy (non-hydrogen) atoms. The number of rotatable bonds is 5. The van der Waals surface area contributed by atoms with Gasteiger partial charge in [-0.15, -0.1) is 0 Å². The van der Waals surface area contributed by atoms with Crippen molar-refractivity contribution in [2.45, 2.75) is 26.4 Å². The molecule has 0 fully saturated rings. The summed E-state index contributed by atoms with van der Waals surface area (Å²) in [6.07, 6.45) is 7.63. The topological polar surface area (TPSA) is 47.4 Å². The van der Waals surface area contributed by atoms with Crippen LogP contribution >= 0.6 is 0 Å². The van der Waals surface area contributed by atoms with Gasteiger partial charge in [-0.2, -0.15) is 0 Å². The Morgan fingerprint density at radius 3 is 2.90 bits per heavy atom. The number of hydrogen-bond donors (Lipinski definition) is 0. The molecule has 0 saturated heterocycles. The molecule has 0 spiro atoms. The van der Waals surface area contributed by atoms with Crippen LogP contribution in [0.15, 0.2) is 41.8 Å². The van der Waals surface area contributed by atoms with Crippen molar-refractivity contribution < 1.29 is 5.85 Å². The number of aromatic nitrogens is 2. The number of benzene rings is 1. The number of hydrogen-bond acceptors (Lipinski definition) is 4. The zero-order chi connectivity index (χ0) is 14.4. The molecule has 1 aromatic carbocycles. The van der Waals surface area contributed by atoms with Crippen molar-refractivity contribution in [3.63, 3.8) is 0 Å². The van der Waals surface area contributed by atoms with E-state index < -0.39 is 9.04 Å². The van der Waals surface area contributed by atoms with Gasteiger partial charge in [0.05, 0.1) is 5.69 Å². The maximum Gasteiger partial charge on any atom is 1.00 e. The molecule has 5 heteroatoms. The van der Waals surface area contributed by atoms with E-state index in [2.05, 4.69) is 35.0 Å². The molecule has 0 radical (unpaired) electrons. The van der Waals surface area contributed by atoms with E-state index in [0.717, 1.165) is 17.1 Å². The summed E-state index contributed by atoms with van der Waals surface area (Å²) >= 11 is 0. The van der Waals surface area contributed by atoms with Crippen molar-refractivity contribution in [2.24, 2.45) is 4.99 Å². The van der Waals surface area contributed by atoms with Gasteiger partial charge >= 0.3 is 1.43 Å². The van der Waals surface area contributed by atoms with Crippen LogP contribution in [0.3, 0.4) is 0 Å². The van der Waals surface area contributed by atoms with E-state index in [1.807, 2.05) is 24.4 Å². The molecule has 0 aliphatic heterocycles. The van der Waals surface area contributed by atoms with Crippen LogP contribution in [0.4, 0.5) is 5.69 Å². The average Bonchev–Trinajstić information content (AvgIpc) is 2.42. The van der Waals surface area contributed by atoms with Crippen LogP contribution in [0, 0.1) is 6.92 Å². The lowest BCUT2D eigenvalue weighted by atomic mass is 10.2. The van der Waals surface area contributed by atoms with Crippen LogP contribution in [0.1, 0.15) is 12.7 Å². The second-order valence-corrected chi connectivity index (χ2v) is 7.18. The summed E-state index contributed by atoms with van der Waals surface area (Å²) in [6.45, 7) is 6.35. The van der Waals surface area contributed by atoms with Crippen LogP contribution in [0.2, 0.25) is 13.1 Å². The summed E-state index contributed by atoms with van der Waals surface area (Å²) in [6, 6.07) is 6.09. The van der Waals surface area contributed by atoms with Gasteiger partial charge in [0.15, 0.2) is 0 Å². The lowest BCUT2D eigenvalue weighted by Gasteiger charge is -2.12. The van der Waals surface area contributed by atoms with Crippen LogP contribution in [0.25, 0.3) is 0 Å². The molecule has 0 atom stereocenters. The fourth-order valence-corrected chi connectivity index (χ4v) is 2.46. The first-order valence-electron chi connectivity index (χ1n) is 6.70. The van der Waals surface area contributed by atoms with E-state index in [1.165, 1.54) is 5.56 Å². The highest BCUT2D eigenvalue weighted by molar-refractivity contribution is 6.49. The predicted molar refractivity (Wildman–Crippen MR) is 85.7 cm³/mol. The number of aliphatic imine (C=N–C) groups is 1. The lowest BCUT2D eigenvalue weighted by molar-refractivity contribution is 0.582. The Balaban J connectivity index is 0.00000220. The molecule has 0 N–H and O–H groups in total. The molecule has 0 aliphatic carbocycles. The maximum absolute atomic E-state index is 5.90. The summed E-state index contributed by atoms with van der Waals surface area (Å²) in [5.41, 5.74) is 2.97. The molecule has 1 heterocycles. The molecule has 0 bridgehead atoms. The van der Waals surface area contributed by atoms with Crippen LogP contribution in [0.5, 0.6) is 5.75 Å². The Morgan fingerprint density at radius 1 is 1.35 bits per heavy atom. The van der Waals surface area contributed by atoms with Gasteiger partial charge in [0, 0.05) is 31.2 Å². The first-order chi connectivity index (χ1) is 9.65. The fraction of sp³-hybridized carbons (Fsp3) is 0.267. The number of nitrogens with zero attached hydrogens (tertiary/aromatic N) is 3. The van der Waals surface area contributed by atoms with Gasteiger partial charge in [-0.3, -0.25) is 15.0 Å². The van der Waals surface area contributed by atoms with Gasteiger partial charge in [-0.05, 0) is 37.7 Å². The van der Waals surface area contributed by atoms with Crippen LogP contribution < -0.4 is 4.43 Å². The average molecular weight is 286 g/mol. The molecule has 1 aromatic heterocycles. The van der Waals surface area contributed by atoms with Gasteiger partial charge in [0.1, 0.15) is 11.4 Å². The van der Waals surface area contributed by atoms with Gasteiger partial charge in [-0.25, -0.2) is 0 Å². The third-order valence-electron chi connectivity index (χ3n) is 2.62. The molecule has 0 amide bonds. The van der Waals surface area contributed by atoms with Crippen LogP contribution in [-0.2, 0) is 6.42 Å². The van der Waals surface area contributed by atoms with Crippen molar-refractivity contribution in [3.8, 4) is 5.75 Å². The van der Waals surface area contributed by atoms with Crippen molar-refractivity contribution in [1.82, 2.24) is 9.97 Å². The van der Waals surface area contributed by atoms with Crippen molar-refractivity contribution in [2.75, 3.05) is 0 Å². The van der Waals surface area contributed by atoms with E-state index in [-0.39, 0.29) is 1.43 Å². The van der Waals surface area contributed by atoms with E-state index in [0.29, 0.717) is 6.42 Å². The van der Waals surface area contributed by atoms with Crippen LogP contribution in [-0.4, -0.2) is 25.2 Å². The van der Waals surface area contributed by atoms with Gasteiger partial charge < -0.3 is 4.43 Å². The zero-order valence-electron chi connectivity index (χ0n) is 13.1. The molecule has 0 saturated carbocycles. The Morgan fingerprint density at radius 2 is 2.20 bits per heavy atom. The van der Waals surface area contributed by atoms with E-state index in [1.54, 1.807) is 18.6 Å². The highest BCUT2D eigenvalue weighted by atomic mass is 28.3. The van der Waals surface area contributed by atoms with Crippen molar-refractivity contribution in [1.29, 1.82) is 0 Å². The minimum Gasteiger partial charge on any atom is -0.546 e. The second kappa shape index (κ2) is 6.95. The Labute approximate surface area is 122 Å². The molecule has 0 aliphatic rings. The quantitative estimate of drug-likeness (QED) is 0.626. The summed E-state index contributed by atoms with van der Waals surface area (Å²) in [7, 11) is -1.13. The fourth-order valence-electron chi connectivity index (χ4n) is 1.75. The molecular formula is C15H20N3OSi+. The minimum atomic E-state index is -1.13. The third-order valence-corrected chi connectivity index (χ3v) is 3.35. The summed E-state index contributed by atoms with van der Waals surface area (Å²) < 4.78 is 5.90. The molecule has 104 valence electrons. The lowest BCUT2D eigenvalue weighted by Crippen LogP contribution is -2.11. The molecule has 2 aromatic rings. The third kappa shape index (κ3) is 4.27. The number of aryl methyl sites for hydroxylation is 1. The van der Waals surface area contributed by atoms with E-state index in [4.69, 9.17) is 4.43 Å². The Kier molecular flexibility index (Phi) is 5.01. The first kappa shape index (κ1) is 14.4. The standard InChI is InChI=1S/C15H19N3OSi/c1-12-4-5-15(19-20(2)3)14(10-12)18-7-6-13-11-16-8-9-17-13/h4-5,7-11,20H,6H2,1-3H3/p+1. The minimum absolute atomic E-state index is 0. The predicted octanol–water partition coefficient (Wildman–Crippen LogP) is 3.20. The normalized spacial score (nSPS) is 11.2. The highest BCUT2D eigenvalue weighted by Crippen LogP contribution is 2.28. The molecule has 2 rings (SSSR count). The highest BCUT2D eigenvalue weighted by Gasteiger charge is 2.05. The summed E-state index contributed by atoms with van der Waals surface area (Å²) in [5, 5.41) is 0. The van der Waals surface area contributed by atoms with Gasteiger partial charge in [0.2, 0.25) is 9.04 Å². The smallest absolute Gasteiger partial charge is 0.546 e. The molecular weight excluding hydrogens is 266 g/mol. The first-order valence-corrected chi connectivity index (χ1v) is 9.48. The van der Waals surface area contributed by atoms with Crippen molar-refractivity contribution >= 4 is 20.9 Å². The Bertz CT molecular complexity index is 591. The van der Waals surface area contributed by atoms with Gasteiger partial charge in [0.25, 0.3) is 0 Å². The zero-order valence-corrected chi connectivity index (χ0v) is 13.2. The SMILES string of the molecule is Cc1ccc(O[SiH](C)C)c(N=CCc2cnccn2)c1.[H+]. The van der Waals surface area contributed by atoms with Crippen molar-refractivity contribution in [3.05, 3.63) is 48.0 Å². The van der Waals surface area contributed by atoms with Gasteiger partial charge in [-0.1, -0.05) is 6.07 Å². The Hall–Kier alpha value is -2.01. The largest absolute Gasteiger partial charge is 1.00 e. The van der Waals surface area contributed by atoms with E-state index in [9.17, 15) is 0 Å². The molecule has 0 unspecified atom stereocenters. The maximum atomic E-state index is 5.90. The molecule has 4 nitrogen and oxygen atoms in total. The van der Waals surface area contributed by atoms with E-state index >= 15 is 0 Å².